The molecule has 2 heterocycles. The van der Waals surface area contributed by atoms with Gasteiger partial charge in [-0.2, -0.15) is 0 Å². The molecule has 1 aromatic rings. The van der Waals surface area contributed by atoms with Crippen molar-refractivity contribution >= 4 is 11.7 Å². The van der Waals surface area contributed by atoms with Crippen LogP contribution in [-0.2, 0) is 0 Å². The molecule has 1 aromatic heterocycles. The van der Waals surface area contributed by atoms with Crippen molar-refractivity contribution in [3.8, 4) is 0 Å². The van der Waals surface area contributed by atoms with Crippen LogP contribution in [0.4, 0.5) is 5.82 Å². The molecule has 1 aliphatic heterocycles. The van der Waals surface area contributed by atoms with Crippen LogP contribution in [0.1, 0.15) is 62.9 Å². The van der Waals surface area contributed by atoms with Crippen molar-refractivity contribution in [3.05, 3.63) is 18.1 Å². The molecule has 0 aromatic carbocycles. The lowest BCUT2D eigenvalue weighted by atomic mass is 10.2. The largest absolute Gasteiger partial charge is 0.355 e. The van der Waals surface area contributed by atoms with E-state index in [0.29, 0.717) is 5.69 Å². The molecule has 0 radical (unpaired) electrons. The van der Waals surface area contributed by atoms with Gasteiger partial charge in [-0.15, -0.1) is 0 Å². The molecule has 5 nitrogen and oxygen atoms in total. The minimum Gasteiger partial charge on any atom is -0.355 e. The Morgan fingerprint density at radius 3 is 2.18 bits per heavy atom. The first kappa shape index (κ1) is 16.7. The standard InChI is InChI=1S/C17H28N4O/c1-3-9-20(10-4-2)16-14-18-15(13-19-16)17(22)21-11-7-5-6-8-12-21/h13-14H,3-12H2,1-2H3. The summed E-state index contributed by atoms with van der Waals surface area (Å²) in [5.74, 6) is 0.898. The smallest absolute Gasteiger partial charge is 0.274 e. The van der Waals surface area contributed by atoms with Crippen molar-refractivity contribution in [1.82, 2.24) is 14.9 Å². The molecule has 0 bridgehead atoms. The number of amides is 1. The number of likely N-dealkylation sites (tertiary alicyclic amines) is 1. The van der Waals surface area contributed by atoms with Gasteiger partial charge in [0.2, 0.25) is 0 Å². The SMILES string of the molecule is CCCN(CCC)c1cnc(C(=O)N2CCCCCC2)cn1. The molecule has 0 atom stereocenters. The zero-order valence-corrected chi connectivity index (χ0v) is 13.9. The predicted molar refractivity (Wildman–Crippen MR) is 89.2 cm³/mol. The highest BCUT2D eigenvalue weighted by molar-refractivity contribution is 5.92. The van der Waals surface area contributed by atoms with E-state index in [0.717, 1.165) is 57.7 Å². The topological polar surface area (TPSA) is 49.3 Å². The van der Waals surface area contributed by atoms with Crippen LogP contribution in [0.15, 0.2) is 12.4 Å². The van der Waals surface area contributed by atoms with Gasteiger partial charge in [0.15, 0.2) is 0 Å². The Morgan fingerprint density at radius 2 is 1.68 bits per heavy atom. The average molecular weight is 304 g/mol. The molecule has 1 saturated heterocycles. The first-order valence-corrected chi connectivity index (χ1v) is 8.62. The maximum atomic E-state index is 12.5. The molecular formula is C17H28N4O. The van der Waals surface area contributed by atoms with Gasteiger partial charge >= 0.3 is 0 Å². The fourth-order valence-electron chi connectivity index (χ4n) is 2.91. The molecular weight excluding hydrogens is 276 g/mol. The third-order valence-electron chi connectivity index (χ3n) is 4.06. The summed E-state index contributed by atoms with van der Waals surface area (Å²) in [6.45, 7) is 7.96. The molecule has 0 saturated carbocycles. The Bertz CT molecular complexity index is 446. The number of nitrogens with zero attached hydrogens (tertiary/aromatic N) is 4. The van der Waals surface area contributed by atoms with Crippen LogP contribution in [0.25, 0.3) is 0 Å². The van der Waals surface area contributed by atoms with E-state index in [9.17, 15) is 4.79 Å². The normalized spacial score (nSPS) is 15.5. The van der Waals surface area contributed by atoms with Crippen LogP contribution in [0.2, 0.25) is 0 Å². The maximum Gasteiger partial charge on any atom is 0.274 e. The molecule has 0 spiro atoms. The van der Waals surface area contributed by atoms with Crippen molar-refractivity contribution < 1.29 is 4.79 Å². The van der Waals surface area contributed by atoms with E-state index in [2.05, 4.69) is 28.7 Å². The van der Waals surface area contributed by atoms with Gasteiger partial charge in [-0.3, -0.25) is 4.79 Å². The Labute approximate surface area is 133 Å². The maximum absolute atomic E-state index is 12.5. The second-order valence-electron chi connectivity index (χ2n) is 5.95. The summed E-state index contributed by atoms with van der Waals surface area (Å²) in [7, 11) is 0. The molecule has 2 rings (SSSR count). The number of hydrogen-bond acceptors (Lipinski definition) is 4. The van der Waals surface area contributed by atoms with E-state index in [1.807, 2.05) is 4.90 Å². The zero-order valence-electron chi connectivity index (χ0n) is 13.9. The summed E-state index contributed by atoms with van der Waals surface area (Å²) < 4.78 is 0. The minimum atomic E-state index is 0.0264. The lowest BCUT2D eigenvalue weighted by Crippen LogP contribution is -2.33. The van der Waals surface area contributed by atoms with Crippen LogP contribution in [0.3, 0.4) is 0 Å². The highest BCUT2D eigenvalue weighted by Crippen LogP contribution is 2.14. The van der Waals surface area contributed by atoms with E-state index < -0.39 is 0 Å². The molecule has 22 heavy (non-hydrogen) atoms. The summed E-state index contributed by atoms with van der Waals surface area (Å²) in [5.41, 5.74) is 0.471. The second-order valence-corrected chi connectivity index (χ2v) is 5.95. The minimum absolute atomic E-state index is 0.0264. The third kappa shape index (κ3) is 4.42. The van der Waals surface area contributed by atoms with Crippen LogP contribution >= 0.6 is 0 Å². The molecule has 1 fully saturated rings. The van der Waals surface area contributed by atoms with Crippen LogP contribution in [-0.4, -0.2) is 47.0 Å². The number of carbonyl (C=O) groups is 1. The number of rotatable bonds is 6. The first-order valence-electron chi connectivity index (χ1n) is 8.62. The molecule has 0 unspecified atom stereocenters. The summed E-state index contributed by atoms with van der Waals surface area (Å²) in [6, 6.07) is 0. The summed E-state index contributed by atoms with van der Waals surface area (Å²) in [4.78, 5) is 25.5. The molecule has 5 heteroatoms. The number of carbonyl (C=O) groups excluding carboxylic acids is 1. The molecule has 1 aliphatic rings. The fourth-order valence-corrected chi connectivity index (χ4v) is 2.91. The van der Waals surface area contributed by atoms with Crippen LogP contribution in [0, 0.1) is 0 Å². The number of aromatic nitrogens is 2. The van der Waals surface area contributed by atoms with Gasteiger partial charge in [-0.1, -0.05) is 26.7 Å². The van der Waals surface area contributed by atoms with E-state index in [4.69, 9.17) is 0 Å². The van der Waals surface area contributed by atoms with E-state index >= 15 is 0 Å². The third-order valence-corrected chi connectivity index (χ3v) is 4.06. The fraction of sp³-hybridized carbons (Fsp3) is 0.706. The van der Waals surface area contributed by atoms with Gasteiger partial charge in [0.05, 0.1) is 12.4 Å². The van der Waals surface area contributed by atoms with Crippen molar-refractivity contribution in [2.75, 3.05) is 31.1 Å². The van der Waals surface area contributed by atoms with E-state index in [-0.39, 0.29) is 5.91 Å². The van der Waals surface area contributed by atoms with Crippen molar-refractivity contribution in [2.45, 2.75) is 52.4 Å². The summed E-state index contributed by atoms with van der Waals surface area (Å²) in [5, 5.41) is 0. The monoisotopic (exact) mass is 304 g/mol. The average Bonchev–Trinajstić information content (AvgIpc) is 2.83. The summed E-state index contributed by atoms with van der Waals surface area (Å²) >= 11 is 0. The van der Waals surface area contributed by atoms with Gasteiger partial charge < -0.3 is 9.80 Å². The van der Waals surface area contributed by atoms with Crippen LogP contribution in [0.5, 0.6) is 0 Å². The van der Waals surface area contributed by atoms with Crippen molar-refractivity contribution in [2.24, 2.45) is 0 Å². The van der Waals surface area contributed by atoms with E-state index in [1.54, 1.807) is 12.4 Å². The molecule has 122 valence electrons. The van der Waals surface area contributed by atoms with Gasteiger partial charge in [0.1, 0.15) is 11.5 Å². The molecule has 0 aliphatic carbocycles. The van der Waals surface area contributed by atoms with Crippen molar-refractivity contribution in [3.63, 3.8) is 0 Å². The Kier molecular flexibility index (Phi) is 6.62. The number of anilines is 1. The van der Waals surface area contributed by atoms with Gasteiger partial charge in [0.25, 0.3) is 5.91 Å². The van der Waals surface area contributed by atoms with Crippen LogP contribution < -0.4 is 4.90 Å². The molecule has 0 N–H and O–H groups in total. The van der Waals surface area contributed by atoms with E-state index in [1.165, 1.54) is 12.8 Å². The predicted octanol–water partition coefficient (Wildman–Crippen LogP) is 3.12. The van der Waals surface area contributed by atoms with Gasteiger partial charge in [-0.05, 0) is 25.7 Å². The van der Waals surface area contributed by atoms with Gasteiger partial charge in [0, 0.05) is 26.2 Å². The highest BCUT2D eigenvalue weighted by atomic mass is 16.2. The Morgan fingerprint density at radius 1 is 1.05 bits per heavy atom. The summed E-state index contributed by atoms with van der Waals surface area (Å²) in [6.07, 6.45) is 10.2. The lowest BCUT2D eigenvalue weighted by Gasteiger charge is -2.23. The second kappa shape index (κ2) is 8.71. The first-order chi connectivity index (χ1) is 10.8. The number of hydrogen-bond donors (Lipinski definition) is 0. The molecule has 1 amide bonds. The Hall–Kier alpha value is -1.65. The Balaban J connectivity index is 2.04. The quantitative estimate of drug-likeness (QED) is 0.810. The van der Waals surface area contributed by atoms with Crippen molar-refractivity contribution in [1.29, 1.82) is 0 Å². The highest BCUT2D eigenvalue weighted by Gasteiger charge is 2.19. The lowest BCUT2D eigenvalue weighted by molar-refractivity contribution is 0.0755. The van der Waals surface area contributed by atoms with Gasteiger partial charge in [-0.25, -0.2) is 9.97 Å². The zero-order chi connectivity index (χ0) is 15.8.